The highest BCUT2D eigenvalue weighted by Gasteiger charge is 2.45. The van der Waals surface area contributed by atoms with E-state index in [2.05, 4.69) is 6.92 Å². The van der Waals surface area contributed by atoms with Crippen molar-refractivity contribution in [3.8, 4) is 11.5 Å². The highest BCUT2D eigenvalue weighted by atomic mass is 16.5. The van der Waals surface area contributed by atoms with Crippen LogP contribution in [0, 0.1) is 0 Å². The fraction of sp³-hybridized carbons (Fsp3) is 0.381. The molecule has 0 saturated carbocycles. The molecule has 3 nitrogen and oxygen atoms in total. The van der Waals surface area contributed by atoms with Gasteiger partial charge in [0.15, 0.2) is 0 Å². The van der Waals surface area contributed by atoms with Crippen molar-refractivity contribution < 1.29 is 14.3 Å². The molecule has 0 saturated heterocycles. The lowest BCUT2D eigenvalue weighted by Gasteiger charge is -2.35. The van der Waals surface area contributed by atoms with E-state index < -0.39 is 5.41 Å². The topological polar surface area (TPSA) is 35.5 Å². The van der Waals surface area contributed by atoms with Crippen LogP contribution >= 0.6 is 0 Å². The van der Waals surface area contributed by atoms with Crippen LogP contribution in [0.15, 0.2) is 48.5 Å². The lowest BCUT2D eigenvalue weighted by atomic mass is 9.74. The smallest absolute Gasteiger partial charge is 0.321 e. The van der Waals surface area contributed by atoms with E-state index >= 15 is 0 Å². The maximum absolute atomic E-state index is 13.0. The molecule has 0 amide bonds. The van der Waals surface area contributed by atoms with Gasteiger partial charge in [0.2, 0.25) is 0 Å². The summed E-state index contributed by atoms with van der Waals surface area (Å²) in [7, 11) is 0. The molecule has 0 aromatic heterocycles. The highest BCUT2D eigenvalue weighted by Crippen LogP contribution is 2.48. The number of rotatable bonds is 6. The van der Waals surface area contributed by atoms with Crippen LogP contribution in [0.2, 0.25) is 0 Å². The minimum Gasteiger partial charge on any atom is -0.465 e. The molecule has 0 fully saturated rings. The molecule has 0 radical (unpaired) electrons. The second-order valence-electron chi connectivity index (χ2n) is 6.42. The fourth-order valence-corrected chi connectivity index (χ4v) is 3.26. The predicted molar refractivity (Wildman–Crippen MR) is 94.5 cm³/mol. The zero-order chi connectivity index (χ0) is 17.0. The minimum atomic E-state index is -0.837. The molecule has 2 aromatic rings. The summed E-state index contributed by atoms with van der Waals surface area (Å²) in [6.45, 7) is 4.57. The number of unbranched alkanes of at least 4 members (excludes halogenated alkanes) is 3. The number of ether oxygens (including phenoxy) is 2. The van der Waals surface area contributed by atoms with Crippen LogP contribution in [0.25, 0.3) is 0 Å². The number of hydrogen-bond donors (Lipinski definition) is 0. The first-order chi connectivity index (χ1) is 11.7. The second-order valence-corrected chi connectivity index (χ2v) is 6.42. The van der Waals surface area contributed by atoms with Crippen molar-refractivity contribution >= 4 is 5.97 Å². The molecule has 0 spiro atoms. The van der Waals surface area contributed by atoms with Gasteiger partial charge in [-0.05, 0) is 25.5 Å². The Kier molecular flexibility index (Phi) is 4.89. The quantitative estimate of drug-likeness (QED) is 0.539. The Morgan fingerprint density at radius 2 is 1.54 bits per heavy atom. The van der Waals surface area contributed by atoms with E-state index in [-0.39, 0.29) is 5.97 Å². The standard InChI is InChI=1S/C21H24O3/c1-3-4-5-10-15-23-20(22)21(2)16-11-6-8-13-18(16)24-19-14-9-7-12-17(19)21/h6-9,11-14H,3-5,10,15H2,1-2H3. The lowest BCUT2D eigenvalue weighted by Crippen LogP contribution is -2.38. The Labute approximate surface area is 143 Å². The van der Waals surface area contributed by atoms with Gasteiger partial charge in [0.25, 0.3) is 0 Å². The van der Waals surface area contributed by atoms with Gasteiger partial charge in [-0.3, -0.25) is 4.79 Å². The van der Waals surface area contributed by atoms with Crippen molar-refractivity contribution in [3.63, 3.8) is 0 Å². The van der Waals surface area contributed by atoms with E-state index in [0.717, 1.165) is 35.5 Å². The Hall–Kier alpha value is -2.29. The molecule has 0 unspecified atom stereocenters. The normalized spacial score (nSPS) is 14.2. The highest BCUT2D eigenvalue weighted by molar-refractivity contribution is 5.90. The van der Waals surface area contributed by atoms with Crippen LogP contribution in [-0.2, 0) is 14.9 Å². The maximum Gasteiger partial charge on any atom is 0.321 e. The van der Waals surface area contributed by atoms with Crippen LogP contribution in [0.1, 0.15) is 50.7 Å². The molecule has 24 heavy (non-hydrogen) atoms. The van der Waals surface area contributed by atoms with E-state index in [1.807, 2.05) is 55.5 Å². The summed E-state index contributed by atoms with van der Waals surface area (Å²) in [6.07, 6.45) is 4.35. The van der Waals surface area contributed by atoms with Gasteiger partial charge in [-0.15, -0.1) is 0 Å². The third kappa shape index (κ3) is 2.91. The average molecular weight is 324 g/mol. The van der Waals surface area contributed by atoms with Crippen molar-refractivity contribution in [1.82, 2.24) is 0 Å². The first kappa shape index (κ1) is 16.6. The zero-order valence-electron chi connectivity index (χ0n) is 14.4. The van der Waals surface area contributed by atoms with Crippen LogP contribution in [0.4, 0.5) is 0 Å². The van der Waals surface area contributed by atoms with Gasteiger partial charge in [0, 0.05) is 11.1 Å². The largest absolute Gasteiger partial charge is 0.465 e. The third-order valence-corrected chi connectivity index (χ3v) is 4.71. The molecule has 0 bridgehead atoms. The Morgan fingerprint density at radius 1 is 0.958 bits per heavy atom. The number of para-hydroxylation sites is 2. The number of benzene rings is 2. The van der Waals surface area contributed by atoms with Gasteiger partial charge in [0.05, 0.1) is 6.61 Å². The van der Waals surface area contributed by atoms with Gasteiger partial charge in [-0.1, -0.05) is 62.6 Å². The molecule has 126 valence electrons. The second kappa shape index (κ2) is 7.08. The molecular formula is C21H24O3. The third-order valence-electron chi connectivity index (χ3n) is 4.71. The summed E-state index contributed by atoms with van der Waals surface area (Å²) in [6, 6.07) is 15.4. The number of hydrogen-bond acceptors (Lipinski definition) is 3. The molecule has 1 heterocycles. The van der Waals surface area contributed by atoms with Crippen molar-refractivity contribution in [3.05, 3.63) is 59.7 Å². The van der Waals surface area contributed by atoms with Crippen LogP contribution in [-0.4, -0.2) is 12.6 Å². The van der Waals surface area contributed by atoms with Crippen molar-refractivity contribution in [2.24, 2.45) is 0 Å². The van der Waals surface area contributed by atoms with E-state index in [9.17, 15) is 4.79 Å². The molecule has 0 N–H and O–H groups in total. The summed E-state index contributed by atoms with van der Waals surface area (Å²) >= 11 is 0. The summed E-state index contributed by atoms with van der Waals surface area (Å²) in [5, 5.41) is 0. The Bertz CT molecular complexity index is 675. The SMILES string of the molecule is CCCCCCOC(=O)C1(C)c2ccccc2Oc2ccccc21. The zero-order valence-corrected chi connectivity index (χ0v) is 14.4. The number of carbonyl (C=O) groups is 1. The van der Waals surface area contributed by atoms with Gasteiger partial charge < -0.3 is 9.47 Å². The number of carbonyl (C=O) groups excluding carboxylic acids is 1. The Morgan fingerprint density at radius 3 is 2.12 bits per heavy atom. The summed E-state index contributed by atoms with van der Waals surface area (Å²) < 4.78 is 11.6. The molecular weight excluding hydrogens is 300 g/mol. The number of esters is 1. The van der Waals surface area contributed by atoms with Gasteiger partial charge in [-0.25, -0.2) is 0 Å². The molecule has 0 aliphatic carbocycles. The maximum atomic E-state index is 13.0. The van der Waals surface area contributed by atoms with Crippen LogP contribution in [0.3, 0.4) is 0 Å². The van der Waals surface area contributed by atoms with Gasteiger partial charge in [-0.2, -0.15) is 0 Å². The van der Waals surface area contributed by atoms with Gasteiger partial charge in [0.1, 0.15) is 16.9 Å². The van der Waals surface area contributed by atoms with Crippen molar-refractivity contribution in [2.75, 3.05) is 6.61 Å². The van der Waals surface area contributed by atoms with E-state index in [1.54, 1.807) is 0 Å². The minimum absolute atomic E-state index is 0.206. The molecule has 1 aliphatic heterocycles. The molecule has 3 rings (SSSR count). The van der Waals surface area contributed by atoms with E-state index in [4.69, 9.17) is 9.47 Å². The summed E-state index contributed by atoms with van der Waals surface area (Å²) in [5.74, 6) is 1.24. The summed E-state index contributed by atoms with van der Waals surface area (Å²) in [5.41, 5.74) is 0.889. The first-order valence-corrected chi connectivity index (χ1v) is 8.72. The Balaban J connectivity index is 1.89. The monoisotopic (exact) mass is 324 g/mol. The van der Waals surface area contributed by atoms with Crippen molar-refractivity contribution in [1.29, 1.82) is 0 Å². The number of fused-ring (bicyclic) bond motifs is 2. The fourth-order valence-electron chi connectivity index (χ4n) is 3.26. The average Bonchev–Trinajstić information content (AvgIpc) is 2.61. The molecule has 2 aromatic carbocycles. The van der Waals surface area contributed by atoms with Crippen LogP contribution in [0.5, 0.6) is 11.5 Å². The van der Waals surface area contributed by atoms with Crippen molar-refractivity contribution in [2.45, 2.75) is 44.9 Å². The summed E-state index contributed by atoms with van der Waals surface area (Å²) in [4.78, 5) is 13.0. The predicted octanol–water partition coefficient (Wildman–Crippen LogP) is 5.22. The lowest BCUT2D eigenvalue weighted by molar-refractivity contribution is -0.148. The molecule has 1 aliphatic rings. The van der Waals surface area contributed by atoms with Crippen LogP contribution < -0.4 is 4.74 Å². The van der Waals surface area contributed by atoms with E-state index in [0.29, 0.717) is 6.61 Å². The molecule has 3 heteroatoms. The molecule has 0 atom stereocenters. The van der Waals surface area contributed by atoms with E-state index in [1.165, 1.54) is 12.8 Å². The van der Waals surface area contributed by atoms with Gasteiger partial charge >= 0.3 is 5.97 Å². The first-order valence-electron chi connectivity index (χ1n) is 8.72.